The SMILES string of the molecule is Cc1cc(C(=O)CSc2nnc(-c3cccs3)n2CC2CCCO2)c(C)n1-c1nccs1. The largest absolute Gasteiger partial charge is 0.376 e. The predicted octanol–water partition coefficient (Wildman–Crippen LogP) is 5.02. The molecule has 1 saturated heterocycles. The second-order valence-corrected chi connectivity index (χ2v) is 10.4. The Kier molecular flexibility index (Phi) is 6.27. The zero-order valence-corrected chi connectivity index (χ0v) is 20.3. The van der Waals surface area contributed by atoms with Crippen molar-refractivity contribution in [3.63, 3.8) is 0 Å². The van der Waals surface area contributed by atoms with E-state index in [1.54, 1.807) is 28.9 Å². The number of Topliss-reactive ketones (excluding diaryl/α,β-unsaturated/α-hetero) is 1. The number of rotatable bonds is 8. The Morgan fingerprint density at radius 1 is 1.28 bits per heavy atom. The molecule has 1 fully saturated rings. The van der Waals surface area contributed by atoms with Gasteiger partial charge >= 0.3 is 0 Å². The Hall–Kier alpha value is -2.27. The Labute approximate surface area is 198 Å². The van der Waals surface area contributed by atoms with E-state index in [4.69, 9.17) is 4.74 Å². The summed E-state index contributed by atoms with van der Waals surface area (Å²) in [5, 5.41) is 14.5. The van der Waals surface area contributed by atoms with Crippen molar-refractivity contribution in [1.29, 1.82) is 0 Å². The molecule has 5 heterocycles. The van der Waals surface area contributed by atoms with Crippen molar-refractivity contribution < 1.29 is 9.53 Å². The molecule has 1 unspecified atom stereocenters. The number of hydrogen-bond donors (Lipinski definition) is 0. The van der Waals surface area contributed by atoms with Crippen LogP contribution in [0.1, 0.15) is 34.6 Å². The minimum Gasteiger partial charge on any atom is -0.376 e. The number of thioether (sulfide) groups is 1. The first-order valence-electron chi connectivity index (χ1n) is 10.5. The standard InChI is InChI=1S/C22H23N5O2S3/c1-14-11-17(15(2)27(14)21-23-7-10-31-21)18(28)13-32-22-25-24-20(19-6-4-9-30-19)26(22)12-16-5-3-8-29-16/h4,6-7,9-11,16H,3,5,8,12-13H2,1-2H3. The van der Waals surface area contributed by atoms with Gasteiger partial charge in [0.05, 0.1) is 23.3 Å². The quantitative estimate of drug-likeness (QED) is 0.258. The summed E-state index contributed by atoms with van der Waals surface area (Å²) in [5.74, 6) is 1.22. The van der Waals surface area contributed by atoms with Gasteiger partial charge in [-0.1, -0.05) is 17.8 Å². The lowest BCUT2D eigenvalue weighted by atomic mass is 10.2. The molecular weight excluding hydrogens is 462 g/mol. The van der Waals surface area contributed by atoms with Crippen LogP contribution in [0.15, 0.2) is 40.3 Å². The van der Waals surface area contributed by atoms with Gasteiger partial charge in [-0.3, -0.25) is 13.9 Å². The van der Waals surface area contributed by atoms with Crippen molar-refractivity contribution in [1.82, 2.24) is 24.3 Å². The number of ether oxygens (including phenoxy) is 1. The van der Waals surface area contributed by atoms with E-state index in [0.717, 1.165) is 57.4 Å². The second-order valence-electron chi connectivity index (χ2n) is 7.68. The summed E-state index contributed by atoms with van der Waals surface area (Å²) in [5.41, 5.74) is 2.66. The average Bonchev–Trinajstić information content (AvgIpc) is 3.59. The first-order valence-corrected chi connectivity index (χ1v) is 13.2. The summed E-state index contributed by atoms with van der Waals surface area (Å²) < 4.78 is 10.0. The van der Waals surface area contributed by atoms with E-state index in [-0.39, 0.29) is 11.9 Å². The lowest BCUT2D eigenvalue weighted by molar-refractivity contribution is 0.0953. The number of carbonyl (C=O) groups is 1. The van der Waals surface area contributed by atoms with Crippen LogP contribution in [0.3, 0.4) is 0 Å². The van der Waals surface area contributed by atoms with Gasteiger partial charge in [0.25, 0.3) is 0 Å². The Morgan fingerprint density at radius 3 is 2.91 bits per heavy atom. The molecule has 0 spiro atoms. The molecule has 0 aromatic carbocycles. The molecule has 166 valence electrons. The van der Waals surface area contributed by atoms with Crippen LogP contribution in [0, 0.1) is 13.8 Å². The number of carbonyl (C=O) groups excluding carboxylic acids is 1. The minimum atomic E-state index is 0.0789. The fraction of sp³-hybridized carbons (Fsp3) is 0.364. The molecule has 7 nitrogen and oxygen atoms in total. The first kappa shape index (κ1) is 21.6. The van der Waals surface area contributed by atoms with Crippen LogP contribution in [0.4, 0.5) is 0 Å². The lowest BCUT2D eigenvalue weighted by Crippen LogP contribution is -2.17. The molecule has 0 radical (unpaired) electrons. The number of hydrogen-bond acceptors (Lipinski definition) is 8. The number of thiazole rings is 1. The topological polar surface area (TPSA) is 74.8 Å². The highest BCUT2D eigenvalue weighted by Gasteiger charge is 2.24. The number of thiophene rings is 1. The molecule has 32 heavy (non-hydrogen) atoms. The minimum absolute atomic E-state index is 0.0789. The summed E-state index contributed by atoms with van der Waals surface area (Å²) in [6.07, 6.45) is 4.06. The van der Waals surface area contributed by atoms with E-state index in [1.165, 1.54) is 11.8 Å². The normalized spacial score (nSPS) is 16.1. The van der Waals surface area contributed by atoms with Gasteiger partial charge in [-0.25, -0.2) is 4.98 Å². The third kappa shape index (κ3) is 4.19. The van der Waals surface area contributed by atoms with Crippen LogP contribution in [-0.2, 0) is 11.3 Å². The Morgan fingerprint density at radius 2 is 2.19 bits per heavy atom. The lowest BCUT2D eigenvalue weighted by Gasteiger charge is -2.14. The Bertz CT molecular complexity index is 1200. The number of ketones is 1. The number of aryl methyl sites for hydroxylation is 1. The maximum absolute atomic E-state index is 13.1. The highest BCUT2D eigenvalue weighted by atomic mass is 32.2. The molecule has 4 aromatic heterocycles. The number of nitrogens with zero attached hydrogens (tertiary/aromatic N) is 5. The van der Waals surface area contributed by atoms with Crippen LogP contribution >= 0.6 is 34.4 Å². The Balaban J connectivity index is 1.37. The molecule has 0 N–H and O–H groups in total. The maximum atomic E-state index is 13.1. The van der Waals surface area contributed by atoms with E-state index in [2.05, 4.69) is 19.7 Å². The summed E-state index contributed by atoms with van der Waals surface area (Å²) in [4.78, 5) is 18.6. The fourth-order valence-electron chi connectivity index (χ4n) is 4.01. The number of aromatic nitrogens is 5. The molecule has 0 amide bonds. The van der Waals surface area contributed by atoms with Crippen molar-refractivity contribution in [2.45, 2.75) is 44.5 Å². The third-order valence-corrected chi connectivity index (χ3v) is 8.13. The highest BCUT2D eigenvalue weighted by Crippen LogP contribution is 2.30. The van der Waals surface area contributed by atoms with E-state index in [9.17, 15) is 4.79 Å². The van der Waals surface area contributed by atoms with Crippen molar-refractivity contribution in [3.8, 4) is 15.8 Å². The van der Waals surface area contributed by atoms with Gasteiger partial charge in [-0.2, -0.15) is 0 Å². The average molecular weight is 486 g/mol. The van der Waals surface area contributed by atoms with E-state index >= 15 is 0 Å². The summed E-state index contributed by atoms with van der Waals surface area (Å²) in [6.45, 7) is 5.48. The van der Waals surface area contributed by atoms with Gasteiger partial charge < -0.3 is 4.74 Å². The molecule has 1 aliphatic heterocycles. The molecule has 0 aliphatic carbocycles. The fourth-order valence-corrected chi connectivity index (χ4v) is 6.31. The molecule has 5 rings (SSSR count). The molecule has 0 saturated carbocycles. The molecule has 0 bridgehead atoms. The van der Waals surface area contributed by atoms with E-state index in [1.807, 2.05) is 47.4 Å². The van der Waals surface area contributed by atoms with Crippen LogP contribution in [0.2, 0.25) is 0 Å². The summed E-state index contributed by atoms with van der Waals surface area (Å²) >= 11 is 4.64. The first-order chi connectivity index (χ1) is 15.6. The van der Waals surface area contributed by atoms with Gasteiger partial charge in [-0.15, -0.1) is 32.9 Å². The van der Waals surface area contributed by atoms with Crippen LogP contribution < -0.4 is 0 Å². The summed E-state index contributed by atoms with van der Waals surface area (Å²) in [6, 6.07) is 6.02. The van der Waals surface area contributed by atoms with E-state index < -0.39 is 0 Å². The maximum Gasteiger partial charge on any atom is 0.193 e. The van der Waals surface area contributed by atoms with Crippen LogP contribution in [0.5, 0.6) is 0 Å². The van der Waals surface area contributed by atoms with Crippen molar-refractivity contribution in [2.75, 3.05) is 12.4 Å². The summed E-state index contributed by atoms with van der Waals surface area (Å²) in [7, 11) is 0. The molecule has 1 atom stereocenters. The van der Waals surface area contributed by atoms with Gasteiger partial charge in [-0.05, 0) is 44.2 Å². The third-order valence-electron chi connectivity index (χ3n) is 5.54. The highest BCUT2D eigenvalue weighted by molar-refractivity contribution is 7.99. The van der Waals surface area contributed by atoms with E-state index in [0.29, 0.717) is 12.3 Å². The van der Waals surface area contributed by atoms with Gasteiger partial charge in [0.1, 0.15) is 0 Å². The van der Waals surface area contributed by atoms with Crippen LogP contribution in [0.25, 0.3) is 15.8 Å². The molecule has 4 aromatic rings. The second kappa shape index (κ2) is 9.30. The van der Waals surface area contributed by atoms with Crippen LogP contribution in [-0.4, -0.2) is 48.6 Å². The monoisotopic (exact) mass is 485 g/mol. The van der Waals surface area contributed by atoms with Gasteiger partial charge in [0.15, 0.2) is 21.9 Å². The van der Waals surface area contributed by atoms with Crippen molar-refractivity contribution in [3.05, 3.63) is 52.1 Å². The molecular formula is C22H23N5O2S3. The van der Waals surface area contributed by atoms with Crippen molar-refractivity contribution >= 4 is 40.2 Å². The predicted molar refractivity (Wildman–Crippen MR) is 128 cm³/mol. The zero-order chi connectivity index (χ0) is 22.1. The molecule has 10 heteroatoms. The smallest absolute Gasteiger partial charge is 0.193 e. The van der Waals surface area contributed by atoms with Gasteiger partial charge in [0, 0.05) is 35.1 Å². The zero-order valence-electron chi connectivity index (χ0n) is 17.9. The molecule has 1 aliphatic rings. The van der Waals surface area contributed by atoms with Crippen molar-refractivity contribution in [2.24, 2.45) is 0 Å². The van der Waals surface area contributed by atoms with Gasteiger partial charge in [0.2, 0.25) is 0 Å².